The average molecular weight is 498 g/mol. The summed E-state index contributed by atoms with van der Waals surface area (Å²) in [7, 11) is 2.57. The topological polar surface area (TPSA) is 73.7 Å². The van der Waals surface area contributed by atoms with Crippen molar-refractivity contribution in [1.82, 2.24) is 9.78 Å². The summed E-state index contributed by atoms with van der Waals surface area (Å²) in [6.07, 6.45) is 3.40. The van der Waals surface area contributed by atoms with Crippen LogP contribution in [0.3, 0.4) is 0 Å². The number of methoxy groups -OCH3 is 2. The zero-order chi connectivity index (χ0) is 22.7. The van der Waals surface area contributed by atoms with E-state index >= 15 is 0 Å². The highest BCUT2D eigenvalue weighted by molar-refractivity contribution is 9.10. The van der Waals surface area contributed by atoms with Crippen LogP contribution in [-0.2, 0) is 9.47 Å². The van der Waals surface area contributed by atoms with Crippen LogP contribution in [0.25, 0.3) is 16.9 Å². The van der Waals surface area contributed by atoms with Gasteiger partial charge in [-0.25, -0.2) is 14.3 Å². The largest absolute Gasteiger partial charge is 0.465 e. The number of piperidine rings is 1. The average Bonchev–Trinajstić information content (AvgIpc) is 3.24. The molecule has 0 saturated carbocycles. The monoisotopic (exact) mass is 497 g/mol. The summed E-state index contributed by atoms with van der Waals surface area (Å²) < 4.78 is 12.4. The Morgan fingerprint density at radius 1 is 0.938 bits per heavy atom. The molecule has 2 aromatic carbocycles. The van der Waals surface area contributed by atoms with Crippen LogP contribution in [-0.4, -0.2) is 49.0 Å². The molecule has 1 saturated heterocycles. The molecule has 7 nitrogen and oxygen atoms in total. The van der Waals surface area contributed by atoms with Gasteiger partial charge < -0.3 is 14.4 Å². The maximum Gasteiger partial charge on any atom is 0.357 e. The van der Waals surface area contributed by atoms with Crippen LogP contribution in [0.1, 0.15) is 40.1 Å². The number of nitrogens with zero attached hydrogens (tertiary/aromatic N) is 3. The molecule has 0 spiro atoms. The minimum Gasteiger partial charge on any atom is -0.465 e. The highest BCUT2D eigenvalue weighted by atomic mass is 79.9. The van der Waals surface area contributed by atoms with Crippen molar-refractivity contribution < 1.29 is 19.1 Å². The van der Waals surface area contributed by atoms with E-state index < -0.39 is 11.9 Å². The van der Waals surface area contributed by atoms with Gasteiger partial charge in [-0.15, -0.1) is 0 Å². The highest BCUT2D eigenvalue weighted by Crippen LogP contribution is 2.38. The third-order valence-corrected chi connectivity index (χ3v) is 6.06. The Morgan fingerprint density at radius 2 is 1.62 bits per heavy atom. The summed E-state index contributed by atoms with van der Waals surface area (Å²) in [5, 5.41) is 4.75. The summed E-state index contributed by atoms with van der Waals surface area (Å²) in [5.74, 6) is -1.31. The lowest BCUT2D eigenvalue weighted by atomic mass is 10.0. The van der Waals surface area contributed by atoms with Crippen molar-refractivity contribution in [2.24, 2.45) is 0 Å². The second kappa shape index (κ2) is 9.56. The molecule has 0 radical (unpaired) electrons. The number of para-hydroxylation sites is 1. The van der Waals surface area contributed by atoms with E-state index in [1.807, 2.05) is 48.5 Å². The van der Waals surface area contributed by atoms with Gasteiger partial charge in [0.05, 0.1) is 19.9 Å². The molecule has 1 aliphatic rings. The second-order valence-electron chi connectivity index (χ2n) is 7.51. The molecule has 8 heteroatoms. The number of anilines is 1. The van der Waals surface area contributed by atoms with E-state index in [1.54, 1.807) is 0 Å². The van der Waals surface area contributed by atoms with Crippen molar-refractivity contribution in [2.45, 2.75) is 19.3 Å². The molecule has 0 aliphatic carbocycles. The number of rotatable bonds is 5. The maximum atomic E-state index is 13.0. The fraction of sp³-hybridized carbons (Fsp3) is 0.292. The number of aromatic nitrogens is 2. The Labute approximate surface area is 195 Å². The fourth-order valence-electron chi connectivity index (χ4n) is 4.05. The molecule has 1 aromatic heterocycles. The summed E-state index contributed by atoms with van der Waals surface area (Å²) in [6.45, 7) is 1.84. The molecule has 1 aliphatic heterocycles. The van der Waals surface area contributed by atoms with E-state index in [0.717, 1.165) is 41.7 Å². The number of carbonyl (C=O) groups is 2. The number of benzene rings is 2. The molecule has 2 heterocycles. The number of hydrogen-bond acceptors (Lipinski definition) is 6. The lowest BCUT2D eigenvalue weighted by molar-refractivity contribution is 0.0549. The number of hydrogen-bond donors (Lipinski definition) is 0. The standard InChI is InChI=1S/C24H24BrN3O4/c1-31-23(29)20-21(18-15-16(25)11-12-19(18)27-13-7-4-8-14-27)26-28(22(20)24(30)32-2)17-9-5-3-6-10-17/h3,5-6,9-12,15H,4,7-8,13-14H2,1-2H3. The number of carbonyl (C=O) groups excluding carboxylic acids is 2. The third-order valence-electron chi connectivity index (χ3n) is 5.56. The van der Waals surface area contributed by atoms with Crippen LogP contribution in [0.2, 0.25) is 0 Å². The van der Waals surface area contributed by atoms with E-state index in [4.69, 9.17) is 14.6 Å². The van der Waals surface area contributed by atoms with E-state index in [2.05, 4.69) is 20.8 Å². The van der Waals surface area contributed by atoms with Gasteiger partial charge >= 0.3 is 11.9 Å². The molecule has 0 atom stereocenters. The van der Waals surface area contributed by atoms with Gasteiger partial charge in [-0.2, -0.15) is 5.10 Å². The zero-order valence-electron chi connectivity index (χ0n) is 18.0. The lowest BCUT2D eigenvalue weighted by Gasteiger charge is -2.30. The molecule has 166 valence electrons. The summed E-state index contributed by atoms with van der Waals surface area (Å²) in [4.78, 5) is 28.1. The van der Waals surface area contributed by atoms with Gasteiger partial charge in [-0.1, -0.05) is 34.1 Å². The van der Waals surface area contributed by atoms with Gasteiger partial charge in [0.25, 0.3) is 0 Å². The second-order valence-corrected chi connectivity index (χ2v) is 8.43. The van der Waals surface area contributed by atoms with E-state index in [1.165, 1.54) is 25.3 Å². The molecule has 3 aromatic rings. The first-order chi connectivity index (χ1) is 15.5. The predicted molar refractivity (Wildman–Crippen MR) is 125 cm³/mol. The van der Waals surface area contributed by atoms with Crippen molar-refractivity contribution in [3.63, 3.8) is 0 Å². The number of esters is 2. The molecular weight excluding hydrogens is 474 g/mol. The Bertz CT molecular complexity index is 1140. The third kappa shape index (κ3) is 4.14. The number of halogens is 1. The van der Waals surface area contributed by atoms with Crippen LogP contribution < -0.4 is 4.90 Å². The van der Waals surface area contributed by atoms with Gasteiger partial charge in [0.1, 0.15) is 11.3 Å². The number of ether oxygens (including phenoxy) is 2. The SMILES string of the molecule is COC(=O)c1c(-c2cc(Br)ccc2N2CCCCC2)nn(-c2ccccc2)c1C(=O)OC. The van der Waals surface area contributed by atoms with Crippen molar-refractivity contribution >= 4 is 33.6 Å². The first-order valence-electron chi connectivity index (χ1n) is 10.4. The quantitative estimate of drug-likeness (QED) is 0.468. The molecule has 32 heavy (non-hydrogen) atoms. The smallest absolute Gasteiger partial charge is 0.357 e. The summed E-state index contributed by atoms with van der Waals surface area (Å²) >= 11 is 3.55. The molecule has 4 rings (SSSR count). The Morgan fingerprint density at radius 3 is 2.28 bits per heavy atom. The summed E-state index contributed by atoms with van der Waals surface area (Å²) in [5.41, 5.74) is 2.85. The molecular formula is C24H24BrN3O4. The fourth-order valence-corrected chi connectivity index (χ4v) is 4.41. The minimum atomic E-state index is -0.664. The van der Waals surface area contributed by atoms with Gasteiger partial charge in [0.15, 0.2) is 5.69 Å². The van der Waals surface area contributed by atoms with Gasteiger partial charge in [0, 0.05) is 28.8 Å². The molecule has 0 amide bonds. The zero-order valence-corrected chi connectivity index (χ0v) is 19.6. The van der Waals surface area contributed by atoms with Gasteiger partial charge in [-0.3, -0.25) is 0 Å². The van der Waals surface area contributed by atoms with Crippen LogP contribution >= 0.6 is 15.9 Å². The van der Waals surface area contributed by atoms with E-state index in [0.29, 0.717) is 11.4 Å². The van der Waals surface area contributed by atoms with Crippen molar-refractivity contribution in [1.29, 1.82) is 0 Å². The molecule has 0 N–H and O–H groups in total. The first-order valence-corrected chi connectivity index (χ1v) is 11.2. The van der Waals surface area contributed by atoms with Crippen molar-refractivity contribution in [2.75, 3.05) is 32.2 Å². The van der Waals surface area contributed by atoms with E-state index in [9.17, 15) is 9.59 Å². The molecule has 1 fully saturated rings. The van der Waals surface area contributed by atoms with Gasteiger partial charge in [0.2, 0.25) is 0 Å². The van der Waals surface area contributed by atoms with Crippen LogP contribution in [0.15, 0.2) is 53.0 Å². The van der Waals surface area contributed by atoms with Crippen LogP contribution in [0.5, 0.6) is 0 Å². The highest BCUT2D eigenvalue weighted by Gasteiger charge is 2.33. The molecule has 0 bridgehead atoms. The van der Waals surface area contributed by atoms with Crippen LogP contribution in [0.4, 0.5) is 5.69 Å². The normalized spacial score (nSPS) is 13.7. The Kier molecular flexibility index (Phi) is 6.60. The Balaban J connectivity index is 2.01. The first kappa shape index (κ1) is 22.1. The van der Waals surface area contributed by atoms with E-state index in [-0.39, 0.29) is 11.3 Å². The maximum absolute atomic E-state index is 13.0. The molecule has 0 unspecified atom stereocenters. The minimum absolute atomic E-state index is 0.0325. The van der Waals surface area contributed by atoms with Crippen LogP contribution in [0, 0.1) is 0 Å². The Hall–Kier alpha value is -3.13. The van der Waals surface area contributed by atoms with Crippen molar-refractivity contribution in [3.05, 3.63) is 64.3 Å². The lowest BCUT2D eigenvalue weighted by Crippen LogP contribution is -2.29. The predicted octanol–water partition coefficient (Wildman–Crippen LogP) is 4.87. The van der Waals surface area contributed by atoms with Gasteiger partial charge in [-0.05, 0) is 49.6 Å². The summed E-state index contributed by atoms with van der Waals surface area (Å²) in [6, 6.07) is 15.1. The van der Waals surface area contributed by atoms with Crippen molar-refractivity contribution in [3.8, 4) is 16.9 Å².